The van der Waals surface area contributed by atoms with Crippen molar-refractivity contribution in [2.75, 3.05) is 14.1 Å². The first-order chi connectivity index (χ1) is 11.1. The van der Waals surface area contributed by atoms with Crippen molar-refractivity contribution in [3.63, 3.8) is 0 Å². The van der Waals surface area contributed by atoms with E-state index in [0.29, 0.717) is 5.02 Å². The number of aryl methyl sites for hydroxylation is 1. The van der Waals surface area contributed by atoms with Gasteiger partial charge in [-0.1, -0.05) is 35.9 Å². The lowest BCUT2D eigenvalue weighted by molar-refractivity contribution is 0.325. The molecule has 1 unspecified atom stereocenters. The maximum atomic E-state index is 6.01. The third-order valence-electron chi connectivity index (χ3n) is 3.69. The predicted molar refractivity (Wildman–Crippen MR) is 90.9 cm³/mol. The largest absolute Gasteiger partial charge is 0.296 e. The molecule has 0 N–H and O–H groups in total. The Morgan fingerprint density at radius 2 is 1.83 bits per heavy atom. The van der Waals surface area contributed by atoms with E-state index in [4.69, 9.17) is 11.6 Å². The Kier molecular flexibility index (Phi) is 4.41. The van der Waals surface area contributed by atoms with E-state index in [-0.39, 0.29) is 6.04 Å². The van der Waals surface area contributed by atoms with Gasteiger partial charge < -0.3 is 0 Å². The van der Waals surface area contributed by atoms with E-state index in [2.05, 4.69) is 39.5 Å². The molecule has 5 nitrogen and oxygen atoms in total. The average Bonchev–Trinajstić information content (AvgIpc) is 2.98. The number of nitrogens with zero attached hydrogens (tertiary/aromatic N) is 5. The summed E-state index contributed by atoms with van der Waals surface area (Å²) in [5, 5.41) is 13.0. The summed E-state index contributed by atoms with van der Waals surface area (Å²) in [5.74, 6) is 0.767. The van der Waals surface area contributed by atoms with Crippen LogP contribution in [0.5, 0.6) is 0 Å². The monoisotopic (exact) mass is 327 g/mol. The number of hydrogen-bond acceptors (Lipinski definition) is 4. The first kappa shape index (κ1) is 15.6. The van der Waals surface area contributed by atoms with E-state index in [1.807, 2.05) is 50.5 Å². The number of benzene rings is 2. The lowest BCUT2D eigenvalue weighted by Gasteiger charge is -2.23. The van der Waals surface area contributed by atoms with E-state index in [0.717, 1.165) is 22.6 Å². The van der Waals surface area contributed by atoms with E-state index in [1.165, 1.54) is 0 Å². The minimum absolute atomic E-state index is 0.0669. The highest BCUT2D eigenvalue weighted by atomic mass is 35.5. The number of tetrazole rings is 1. The van der Waals surface area contributed by atoms with Crippen molar-refractivity contribution in [2.24, 2.45) is 0 Å². The Balaban J connectivity index is 2.08. The van der Waals surface area contributed by atoms with Crippen molar-refractivity contribution < 1.29 is 0 Å². The Hall–Kier alpha value is -2.24. The van der Waals surface area contributed by atoms with Crippen LogP contribution in [-0.2, 0) is 0 Å². The zero-order chi connectivity index (χ0) is 16.4. The van der Waals surface area contributed by atoms with Gasteiger partial charge in [0.15, 0.2) is 5.82 Å². The molecule has 0 spiro atoms. The molecule has 0 amide bonds. The highest BCUT2D eigenvalue weighted by Crippen LogP contribution is 2.27. The van der Waals surface area contributed by atoms with Gasteiger partial charge in [-0.05, 0) is 66.8 Å². The number of halogens is 1. The molecule has 118 valence electrons. The van der Waals surface area contributed by atoms with Gasteiger partial charge in [0.2, 0.25) is 0 Å². The molecule has 6 heteroatoms. The van der Waals surface area contributed by atoms with Crippen molar-refractivity contribution in [3.8, 4) is 5.69 Å². The molecule has 0 fully saturated rings. The predicted octanol–water partition coefficient (Wildman–Crippen LogP) is 3.28. The molecule has 0 aliphatic rings. The zero-order valence-electron chi connectivity index (χ0n) is 13.3. The van der Waals surface area contributed by atoms with E-state index < -0.39 is 0 Å². The molecule has 3 aromatic rings. The van der Waals surface area contributed by atoms with Crippen LogP contribution in [0.3, 0.4) is 0 Å². The van der Waals surface area contributed by atoms with Crippen molar-refractivity contribution in [3.05, 3.63) is 70.5 Å². The Bertz CT molecular complexity index is 795. The van der Waals surface area contributed by atoms with Crippen molar-refractivity contribution in [1.82, 2.24) is 25.1 Å². The normalized spacial score (nSPS) is 12.6. The molecule has 3 rings (SSSR count). The fourth-order valence-corrected chi connectivity index (χ4v) is 2.76. The average molecular weight is 328 g/mol. The van der Waals surface area contributed by atoms with E-state index >= 15 is 0 Å². The summed E-state index contributed by atoms with van der Waals surface area (Å²) in [6.45, 7) is 2.05. The molecule has 1 heterocycles. The van der Waals surface area contributed by atoms with Gasteiger partial charge in [-0.25, -0.2) is 0 Å². The molecule has 2 aromatic carbocycles. The first-order valence-electron chi connectivity index (χ1n) is 7.33. The summed E-state index contributed by atoms with van der Waals surface area (Å²) in [7, 11) is 4.02. The maximum absolute atomic E-state index is 6.01. The van der Waals surface area contributed by atoms with Gasteiger partial charge in [0.25, 0.3) is 0 Å². The number of aromatic nitrogens is 4. The van der Waals surface area contributed by atoms with Crippen LogP contribution >= 0.6 is 11.6 Å². The van der Waals surface area contributed by atoms with Gasteiger partial charge in [0, 0.05) is 5.02 Å². The molecule has 0 saturated carbocycles. The molecule has 0 bridgehead atoms. The molecular formula is C17H18ClN5. The Labute approximate surface area is 140 Å². The zero-order valence-corrected chi connectivity index (χ0v) is 14.1. The van der Waals surface area contributed by atoms with E-state index in [9.17, 15) is 0 Å². The van der Waals surface area contributed by atoms with Crippen molar-refractivity contribution >= 4 is 11.6 Å². The van der Waals surface area contributed by atoms with Crippen LogP contribution in [0.4, 0.5) is 0 Å². The maximum Gasteiger partial charge on any atom is 0.178 e. The third-order valence-corrected chi connectivity index (χ3v) is 3.94. The quantitative estimate of drug-likeness (QED) is 0.738. The van der Waals surface area contributed by atoms with Gasteiger partial charge in [-0.2, -0.15) is 4.68 Å². The summed E-state index contributed by atoms with van der Waals surface area (Å²) < 4.78 is 1.78. The van der Waals surface area contributed by atoms with Crippen LogP contribution in [-0.4, -0.2) is 39.2 Å². The smallest absolute Gasteiger partial charge is 0.178 e. The van der Waals surface area contributed by atoms with Gasteiger partial charge in [0.05, 0.1) is 11.7 Å². The minimum Gasteiger partial charge on any atom is -0.296 e. The topological polar surface area (TPSA) is 46.8 Å². The Morgan fingerprint density at radius 1 is 1.09 bits per heavy atom. The van der Waals surface area contributed by atoms with Crippen molar-refractivity contribution in [2.45, 2.75) is 13.0 Å². The molecule has 1 atom stereocenters. The third kappa shape index (κ3) is 3.25. The van der Waals surface area contributed by atoms with Crippen LogP contribution in [0.25, 0.3) is 5.69 Å². The van der Waals surface area contributed by atoms with Crippen LogP contribution in [0.15, 0.2) is 48.5 Å². The van der Waals surface area contributed by atoms with E-state index in [1.54, 1.807) is 4.68 Å². The molecule has 0 aliphatic carbocycles. The van der Waals surface area contributed by atoms with Gasteiger partial charge in [-0.3, -0.25) is 4.90 Å². The molecule has 0 aliphatic heterocycles. The number of rotatable bonds is 4. The summed E-state index contributed by atoms with van der Waals surface area (Å²) in [6.07, 6.45) is 0. The summed E-state index contributed by atoms with van der Waals surface area (Å²) in [6, 6.07) is 15.8. The van der Waals surface area contributed by atoms with Crippen molar-refractivity contribution in [1.29, 1.82) is 0 Å². The molecule has 0 saturated heterocycles. The second-order valence-corrected chi connectivity index (χ2v) is 6.14. The lowest BCUT2D eigenvalue weighted by atomic mass is 10.1. The second-order valence-electron chi connectivity index (χ2n) is 5.71. The molecule has 23 heavy (non-hydrogen) atoms. The molecule has 0 radical (unpaired) electrons. The fourth-order valence-electron chi connectivity index (χ4n) is 2.63. The Morgan fingerprint density at radius 3 is 2.48 bits per heavy atom. The highest BCUT2D eigenvalue weighted by Gasteiger charge is 2.24. The number of hydrogen-bond donors (Lipinski definition) is 0. The molecule has 1 aromatic heterocycles. The summed E-state index contributed by atoms with van der Waals surface area (Å²) in [5.41, 5.74) is 3.20. The van der Waals surface area contributed by atoms with Gasteiger partial charge in [0.1, 0.15) is 0 Å². The standard InChI is InChI=1S/C17H18ClN5/c1-12-5-4-6-15(11-12)23-17(19-20-21-23)16(22(2)3)13-7-9-14(18)10-8-13/h4-11,16H,1-3H3. The summed E-state index contributed by atoms with van der Waals surface area (Å²) in [4.78, 5) is 2.08. The highest BCUT2D eigenvalue weighted by molar-refractivity contribution is 6.30. The van der Waals surface area contributed by atoms with Gasteiger partial charge >= 0.3 is 0 Å². The fraction of sp³-hybridized carbons (Fsp3) is 0.235. The van der Waals surface area contributed by atoms with Crippen LogP contribution < -0.4 is 0 Å². The second kappa shape index (κ2) is 6.48. The van der Waals surface area contributed by atoms with Crippen LogP contribution in [0.2, 0.25) is 5.02 Å². The SMILES string of the molecule is Cc1cccc(-n2nnnc2C(c2ccc(Cl)cc2)N(C)C)c1. The summed E-state index contributed by atoms with van der Waals surface area (Å²) >= 11 is 6.01. The molecular weight excluding hydrogens is 310 g/mol. The lowest BCUT2D eigenvalue weighted by Crippen LogP contribution is -2.24. The van der Waals surface area contributed by atoms with Gasteiger partial charge in [-0.15, -0.1) is 5.10 Å². The van der Waals surface area contributed by atoms with Crippen LogP contribution in [0.1, 0.15) is 23.0 Å². The minimum atomic E-state index is -0.0669. The van der Waals surface area contributed by atoms with Crippen LogP contribution in [0, 0.1) is 6.92 Å². The first-order valence-corrected chi connectivity index (χ1v) is 7.71.